The van der Waals surface area contributed by atoms with Crippen LogP contribution in [0.25, 0.3) is 0 Å². The van der Waals surface area contributed by atoms with E-state index in [1.54, 1.807) is 0 Å². The molecule has 0 radical (unpaired) electrons. The second-order valence-corrected chi connectivity index (χ2v) is 15.0. The summed E-state index contributed by atoms with van der Waals surface area (Å²) in [4.78, 5) is 26.0. The van der Waals surface area contributed by atoms with Crippen LogP contribution in [0.5, 0.6) is 0 Å². The zero-order valence-corrected chi connectivity index (χ0v) is 32.8. The van der Waals surface area contributed by atoms with Gasteiger partial charge >= 0.3 is 0 Å². The lowest BCUT2D eigenvalue weighted by atomic mass is 9.99. The zero-order chi connectivity index (χ0) is 37.4. The van der Waals surface area contributed by atoms with Crippen molar-refractivity contribution in [2.75, 3.05) is 19.8 Å². The Morgan fingerprint density at radius 3 is 1.43 bits per heavy atom. The van der Waals surface area contributed by atoms with E-state index in [0.717, 1.165) is 38.5 Å². The Kier molecular flexibility index (Phi) is 31.1. The van der Waals surface area contributed by atoms with E-state index in [0.29, 0.717) is 13.0 Å². The highest BCUT2D eigenvalue weighted by Crippen LogP contribution is 2.22. The molecule has 1 saturated heterocycles. The summed E-state index contributed by atoms with van der Waals surface area (Å²) in [5.74, 6) is -0.625. The number of amides is 2. The Bertz CT molecular complexity index is 817. The number of unbranched alkanes of at least 4 members (excludes halogenated alkanes) is 25. The van der Waals surface area contributed by atoms with Gasteiger partial charge in [0.2, 0.25) is 11.8 Å². The first-order chi connectivity index (χ1) is 24.8. The van der Waals surface area contributed by atoms with Gasteiger partial charge in [0, 0.05) is 13.0 Å². The third kappa shape index (κ3) is 24.6. The summed E-state index contributed by atoms with van der Waals surface area (Å²) in [5, 5.41) is 45.7. The third-order valence-corrected chi connectivity index (χ3v) is 10.3. The van der Waals surface area contributed by atoms with Gasteiger partial charge in [0.05, 0.1) is 13.2 Å². The summed E-state index contributed by atoms with van der Waals surface area (Å²) in [7, 11) is 0. The summed E-state index contributed by atoms with van der Waals surface area (Å²) < 4.78 is 11.1. The fourth-order valence-electron chi connectivity index (χ4n) is 6.80. The van der Waals surface area contributed by atoms with Crippen LogP contribution in [0.1, 0.15) is 194 Å². The molecule has 10 heteroatoms. The van der Waals surface area contributed by atoms with Crippen LogP contribution >= 0.6 is 0 Å². The molecular weight excluding hydrogens is 648 g/mol. The van der Waals surface area contributed by atoms with Gasteiger partial charge in [-0.3, -0.25) is 9.59 Å². The van der Waals surface area contributed by atoms with Gasteiger partial charge in [0.15, 0.2) is 6.29 Å². The van der Waals surface area contributed by atoms with E-state index < -0.39 is 43.4 Å². The molecule has 0 spiro atoms. The molecule has 0 unspecified atom stereocenters. The fourth-order valence-corrected chi connectivity index (χ4v) is 6.80. The molecule has 0 aromatic rings. The molecule has 1 fully saturated rings. The maximum atomic E-state index is 13.1. The number of ether oxygens (including phenoxy) is 2. The van der Waals surface area contributed by atoms with Gasteiger partial charge in [-0.15, -0.1) is 0 Å². The minimum absolute atomic E-state index is 0.243. The van der Waals surface area contributed by atoms with E-state index in [1.165, 1.54) is 135 Å². The molecule has 1 rings (SSSR count). The molecular formula is C41H80N2O8. The van der Waals surface area contributed by atoms with Crippen molar-refractivity contribution in [2.24, 2.45) is 0 Å². The van der Waals surface area contributed by atoms with Crippen molar-refractivity contribution in [3.63, 3.8) is 0 Å². The number of aliphatic hydroxyl groups is 4. The molecule has 10 nitrogen and oxygen atoms in total. The second kappa shape index (κ2) is 33.3. The molecule has 51 heavy (non-hydrogen) atoms. The molecule has 0 aromatic carbocycles. The minimum atomic E-state index is -1.58. The number of hydrogen-bond donors (Lipinski definition) is 6. The molecule has 302 valence electrons. The van der Waals surface area contributed by atoms with Crippen LogP contribution in [0.3, 0.4) is 0 Å². The van der Waals surface area contributed by atoms with E-state index in [9.17, 15) is 30.0 Å². The van der Waals surface area contributed by atoms with Gasteiger partial charge < -0.3 is 40.5 Å². The van der Waals surface area contributed by atoms with Gasteiger partial charge in [-0.2, -0.15) is 0 Å². The predicted molar refractivity (Wildman–Crippen MR) is 205 cm³/mol. The Labute approximate surface area is 311 Å². The van der Waals surface area contributed by atoms with Crippen molar-refractivity contribution in [3.05, 3.63) is 0 Å². The molecule has 1 aliphatic heterocycles. The van der Waals surface area contributed by atoms with Crippen molar-refractivity contribution in [2.45, 2.75) is 230 Å². The van der Waals surface area contributed by atoms with Crippen LogP contribution in [0.15, 0.2) is 0 Å². The highest BCUT2D eigenvalue weighted by atomic mass is 16.7. The van der Waals surface area contributed by atoms with Crippen molar-refractivity contribution in [1.82, 2.24) is 10.6 Å². The molecule has 1 heterocycles. The van der Waals surface area contributed by atoms with Crippen LogP contribution < -0.4 is 10.6 Å². The molecule has 6 atom stereocenters. The van der Waals surface area contributed by atoms with Crippen LogP contribution in [-0.4, -0.2) is 88.7 Å². The molecule has 2 amide bonds. The topological polar surface area (TPSA) is 158 Å². The molecule has 0 saturated carbocycles. The summed E-state index contributed by atoms with van der Waals surface area (Å²) in [6, 6.07) is -1.02. The quantitative estimate of drug-likeness (QED) is 0.0370. The number of rotatable bonds is 35. The summed E-state index contributed by atoms with van der Waals surface area (Å²) >= 11 is 0. The Balaban J connectivity index is 2.35. The van der Waals surface area contributed by atoms with E-state index in [4.69, 9.17) is 9.47 Å². The molecule has 0 aromatic heterocycles. The largest absolute Gasteiger partial charge is 0.394 e. The highest BCUT2D eigenvalue weighted by molar-refractivity contribution is 5.87. The van der Waals surface area contributed by atoms with Crippen LogP contribution in [0.2, 0.25) is 0 Å². The highest BCUT2D eigenvalue weighted by Gasteiger charge is 2.44. The lowest BCUT2D eigenvalue weighted by molar-refractivity contribution is -0.301. The van der Waals surface area contributed by atoms with Crippen molar-refractivity contribution in [1.29, 1.82) is 0 Å². The number of carbonyl (C=O) groups is 2. The van der Waals surface area contributed by atoms with Gasteiger partial charge in [0.25, 0.3) is 0 Å². The van der Waals surface area contributed by atoms with E-state index >= 15 is 0 Å². The maximum absolute atomic E-state index is 13.1. The average molecular weight is 729 g/mol. The van der Waals surface area contributed by atoms with Crippen LogP contribution in [0.4, 0.5) is 0 Å². The number of aliphatic hydroxyl groups excluding tert-OH is 4. The van der Waals surface area contributed by atoms with Gasteiger partial charge in [-0.25, -0.2) is 0 Å². The van der Waals surface area contributed by atoms with Crippen molar-refractivity contribution in [3.8, 4) is 0 Å². The van der Waals surface area contributed by atoms with E-state index in [1.807, 2.05) is 0 Å². The summed E-state index contributed by atoms with van der Waals surface area (Å²) in [6.07, 6.45) is 26.5. The summed E-state index contributed by atoms with van der Waals surface area (Å²) in [5.41, 5.74) is 0. The van der Waals surface area contributed by atoms with Crippen molar-refractivity contribution >= 4 is 11.8 Å². The third-order valence-electron chi connectivity index (χ3n) is 10.3. The number of carbonyl (C=O) groups excluding carboxylic acids is 2. The predicted octanol–water partition coefficient (Wildman–Crippen LogP) is 7.37. The van der Waals surface area contributed by atoms with Crippen LogP contribution in [-0.2, 0) is 19.1 Å². The molecule has 6 N–H and O–H groups in total. The minimum Gasteiger partial charge on any atom is -0.394 e. The second-order valence-electron chi connectivity index (χ2n) is 15.0. The van der Waals surface area contributed by atoms with Gasteiger partial charge in [-0.05, 0) is 12.8 Å². The van der Waals surface area contributed by atoms with E-state index in [2.05, 4.69) is 24.5 Å². The van der Waals surface area contributed by atoms with Gasteiger partial charge in [0.1, 0.15) is 30.5 Å². The molecule has 0 aliphatic carbocycles. The molecule has 1 aliphatic rings. The number of hydrogen-bond acceptors (Lipinski definition) is 8. The normalized spacial score (nSPS) is 21.1. The smallest absolute Gasteiger partial charge is 0.244 e. The Hall–Kier alpha value is -1.30. The zero-order valence-electron chi connectivity index (χ0n) is 32.8. The standard InChI is InChI=1S/C41H80N2O8/c1-3-5-7-9-11-13-15-17-18-19-20-22-24-26-28-30-36(45)43-34(33-50-41-39(48)38(47)37(46)35(32-44)51-41)40(49)42-31-29-27-25-23-21-16-14-12-10-8-6-4-2/h34-35,37-39,41,44,46-48H,3-33H2,1-2H3,(H,42,49)(H,43,45)/t34-,35-,37+,38-,39-,41+/m0/s1. The van der Waals surface area contributed by atoms with Crippen LogP contribution in [0, 0.1) is 0 Å². The Morgan fingerprint density at radius 2 is 1.00 bits per heavy atom. The average Bonchev–Trinajstić information content (AvgIpc) is 3.13. The maximum Gasteiger partial charge on any atom is 0.244 e. The first-order valence-corrected chi connectivity index (χ1v) is 21.3. The SMILES string of the molecule is CCCCCCCCCCCCCCCCCC(=O)N[C@@H](CO[C@@H]1O[C@@H](CO)[C@@H](O)[C@H](O)[C@@H]1O)C(=O)NCCCCCCCCCCCCCC. The van der Waals surface area contributed by atoms with Gasteiger partial charge in [-0.1, -0.05) is 174 Å². The lowest BCUT2D eigenvalue weighted by Gasteiger charge is -2.39. The number of nitrogens with one attached hydrogen (secondary N) is 2. The lowest BCUT2D eigenvalue weighted by Crippen LogP contribution is -2.60. The Morgan fingerprint density at radius 1 is 0.588 bits per heavy atom. The first-order valence-electron chi connectivity index (χ1n) is 21.3. The van der Waals surface area contributed by atoms with Crippen molar-refractivity contribution < 1.29 is 39.5 Å². The molecule has 0 bridgehead atoms. The summed E-state index contributed by atoms with van der Waals surface area (Å²) in [6.45, 7) is 4.11. The monoisotopic (exact) mass is 729 g/mol. The fraction of sp³-hybridized carbons (Fsp3) is 0.951. The first kappa shape index (κ1) is 47.7. The van der Waals surface area contributed by atoms with E-state index in [-0.39, 0.29) is 18.4 Å².